The van der Waals surface area contributed by atoms with Gasteiger partial charge in [0.2, 0.25) is 6.08 Å². The molecule has 5 nitrogen and oxygen atoms in total. The molecule has 1 heterocycles. The van der Waals surface area contributed by atoms with Crippen molar-refractivity contribution in [2.75, 3.05) is 0 Å². The van der Waals surface area contributed by atoms with Crippen molar-refractivity contribution in [1.29, 1.82) is 5.26 Å². The van der Waals surface area contributed by atoms with Gasteiger partial charge in [0.15, 0.2) is 11.5 Å². The number of rotatable bonds is 2. The largest absolute Gasteiger partial charge is 0.416 e. The summed E-state index contributed by atoms with van der Waals surface area (Å²) < 4.78 is 38.1. The molecule has 0 saturated carbocycles. The maximum Gasteiger partial charge on any atom is 0.416 e. The van der Waals surface area contributed by atoms with Crippen molar-refractivity contribution in [3.63, 3.8) is 0 Å². The van der Waals surface area contributed by atoms with Gasteiger partial charge >= 0.3 is 6.18 Å². The van der Waals surface area contributed by atoms with Crippen LogP contribution >= 0.6 is 23.2 Å². The topological polar surface area (TPSA) is 81.9 Å². The molecule has 0 saturated heterocycles. The number of nitriles is 1. The number of benzene rings is 1. The quantitative estimate of drug-likeness (QED) is 0.652. The minimum Gasteiger partial charge on any atom is -0.259 e. The Labute approximate surface area is 131 Å². The number of alkyl halides is 3. The van der Waals surface area contributed by atoms with E-state index in [0.717, 1.165) is 0 Å². The van der Waals surface area contributed by atoms with Gasteiger partial charge in [-0.3, -0.25) is 5.10 Å². The zero-order valence-corrected chi connectivity index (χ0v) is 11.8. The predicted molar refractivity (Wildman–Crippen MR) is 71.5 cm³/mol. The molecule has 0 atom stereocenters. The lowest BCUT2D eigenvalue weighted by atomic mass is 10.0. The standard InChI is InChI=1S/C12H3Cl2F3N4O/c13-6-1-5(12(15,16)17)2-7(14)9(6)10-8(3-18)20-21-11(10)19-4-22/h1-2H,(H,20,21). The summed E-state index contributed by atoms with van der Waals surface area (Å²) in [5.41, 5.74) is -1.43. The fourth-order valence-corrected chi connectivity index (χ4v) is 2.43. The van der Waals surface area contributed by atoms with Gasteiger partial charge in [0.1, 0.15) is 6.07 Å². The number of hydrogen-bond acceptors (Lipinski definition) is 4. The van der Waals surface area contributed by atoms with Gasteiger partial charge in [0.05, 0.1) is 21.2 Å². The normalized spacial score (nSPS) is 10.9. The van der Waals surface area contributed by atoms with Crippen LogP contribution in [0, 0.1) is 11.3 Å². The molecule has 0 aliphatic carbocycles. The smallest absolute Gasteiger partial charge is 0.259 e. The fourth-order valence-electron chi connectivity index (χ4n) is 1.75. The van der Waals surface area contributed by atoms with Gasteiger partial charge in [-0.25, -0.2) is 4.79 Å². The summed E-state index contributed by atoms with van der Waals surface area (Å²) in [5, 5.41) is 14.1. The molecule has 0 radical (unpaired) electrons. The molecule has 1 aromatic carbocycles. The minimum absolute atomic E-state index is 0.0745. The van der Waals surface area contributed by atoms with Crippen molar-refractivity contribution in [3.05, 3.63) is 33.4 Å². The van der Waals surface area contributed by atoms with E-state index in [2.05, 4.69) is 15.2 Å². The van der Waals surface area contributed by atoms with Crippen LogP contribution in [0.3, 0.4) is 0 Å². The zero-order chi connectivity index (χ0) is 16.5. The summed E-state index contributed by atoms with van der Waals surface area (Å²) in [7, 11) is 0. The molecule has 0 aliphatic heterocycles. The molecule has 112 valence electrons. The van der Waals surface area contributed by atoms with E-state index in [1.165, 1.54) is 6.08 Å². The lowest BCUT2D eigenvalue weighted by Crippen LogP contribution is -2.05. The van der Waals surface area contributed by atoms with Gasteiger partial charge in [0.25, 0.3) is 0 Å². The van der Waals surface area contributed by atoms with Crippen LogP contribution in [0.15, 0.2) is 17.1 Å². The molecule has 1 aromatic heterocycles. The first-order valence-electron chi connectivity index (χ1n) is 5.42. The van der Waals surface area contributed by atoms with E-state index in [9.17, 15) is 18.0 Å². The van der Waals surface area contributed by atoms with E-state index >= 15 is 0 Å². The molecular weight excluding hydrogens is 344 g/mol. The number of aliphatic imine (C=N–C) groups is 1. The highest BCUT2D eigenvalue weighted by Gasteiger charge is 2.33. The molecule has 0 aliphatic rings. The second kappa shape index (κ2) is 5.81. The molecule has 22 heavy (non-hydrogen) atoms. The monoisotopic (exact) mass is 346 g/mol. The van der Waals surface area contributed by atoms with Gasteiger partial charge in [-0.2, -0.15) is 23.5 Å². The first kappa shape index (κ1) is 16.0. The summed E-state index contributed by atoms with van der Waals surface area (Å²) >= 11 is 11.7. The number of nitrogens with one attached hydrogen (secondary N) is 1. The summed E-state index contributed by atoms with van der Waals surface area (Å²) in [5.74, 6) is -0.185. The Kier molecular flexibility index (Phi) is 4.24. The molecule has 10 heteroatoms. The Hall–Kier alpha value is -2.33. The molecule has 0 bridgehead atoms. The number of H-pyrrole nitrogens is 1. The summed E-state index contributed by atoms with van der Waals surface area (Å²) in [4.78, 5) is 13.7. The first-order chi connectivity index (χ1) is 10.3. The van der Waals surface area contributed by atoms with Crippen molar-refractivity contribution in [2.24, 2.45) is 4.99 Å². The third kappa shape index (κ3) is 2.83. The second-order valence-electron chi connectivity index (χ2n) is 3.92. The molecule has 0 fully saturated rings. The summed E-state index contributed by atoms with van der Waals surface area (Å²) in [6.07, 6.45) is -3.40. The number of isocyanates is 1. The van der Waals surface area contributed by atoms with Crippen molar-refractivity contribution < 1.29 is 18.0 Å². The van der Waals surface area contributed by atoms with E-state index in [1.807, 2.05) is 0 Å². The third-order valence-corrected chi connectivity index (χ3v) is 3.23. The van der Waals surface area contributed by atoms with Crippen LogP contribution in [0.4, 0.5) is 19.0 Å². The zero-order valence-electron chi connectivity index (χ0n) is 10.3. The highest BCUT2D eigenvalue weighted by Crippen LogP contribution is 2.43. The minimum atomic E-state index is -4.63. The van der Waals surface area contributed by atoms with Crippen molar-refractivity contribution >= 4 is 35.1 Å². The Bertz CT molecular complexity index is 809. The lowest BCUT2D eigenvalue weighted by Gasteiger charge is -2.12. The third-order valence-electron chi connectivity index (χ3n) is 2.63. The first-order valence-corrected chi connectivity index (χ1v) is 6.18. The van der Waals surface area contributed by atoms with E-state index in [-0.39, 0.29) is 32.7 Å². The number of halogens is 5. The number of aromatic nitrogens is 2. The van der Waals surface area contributed by atoms with Gasteiger partial charge in [-0.05, 0) is 12.1 Å². The fraction of sp³-hybridized carbons (Fsp3) is 0.0833. The maximum absolute atomic E-state index is 12.7. The van der Waals surface area contributed by atoms with Crippen LogP contribution in [0.2, 0.25) is 10.0 Å². The van der Waals surface area contributed by atoms with E-state index in [0.29, 0.717) is 12.1 Å². The van der Waals surface area contributed by atoms with Gasteiger partial charge in [0, 0.05) is 5.56 Å². The van der Waals surface area contributed by atoms with Crippen LogP contribution in [-0.4, -0.2) is 16.3 Å². The average molecular weight is 347 g/mol. The van der Waals surface area contributed by atoms with Crippen molar-refractivity contribution in [1.82, 2.24) is 10.2 Å². The predicted octanol–water partition coefficient (Wildman–Crippen LogP) is 4.24. The van der Waals surface area contributed by atoms with E-state index in [4.69, 9.17) is 28.5 Å². The second-order valence-corrected chi connectivity index (χ2v) is 4.74. The number of hydrogen-bond donors (Lipinski definition) is 1. The SMILES string of the molecule is N#Cc1n[nH]c(N=C=O)c1-c1c(Cl)cc(C(F)(F)F)cc1Cl. The summed E-state index contributed by atoms with van der Waals surface area (Å²) in [6, 6.07) is 3.02. The molecule has 0 unspecified atom stereocenters. The van der Waals surface area contributed by atoms with Crippen LogP contribution in [0.25, 0.3) is 11.1 Å². The van der Waals surface area contributed by atoms with E-state index < -0.39 is 11.7 Å². The number of aromatic amines is 1. The average Bonchev–Trinajstić information content (AvgIpc) is 2.80. The van der Waals surface area contributed by atoms with Crippen LogP contribution in [0.5, 0.6) is 0 Å². The van der Waals surface area contributed by atoms with Crippen LogP contribution in [-0.2, 0) is 11.0 Å². The molecule has 0 spiro atoms. The van der Waals surface area contributed by atoms with Gasteiger partial charge < -0.3 is 0 Å². The number of nitrogens with zero attached hydrogens (tertiary/aromatic N) is 3. The maximum atomic E-state index is 12.7. The van der Waals surface area contributed by atoms with Crippen LogP contribution in [0.1, 0.15) is 11.3 Å². The van der Waals surface area contributed by atoms with Crippen molar-refractivity contribution in [3.8, 4) is 17.2 Å². The Morgan fingerprint density at radius 3 is 2.27 bits per heavy atom. The lowest BCUT2D eigenvalue weighted by molar-refractivity contribution is -0.137. The Balaban J connectivity index is 2.77. The molecule has 2 rings (SSSR count). The molecular formula is C12H3Cl2F3N4O. The number of carbonyl (C=O) groups excluding carboxylic acids is 1. The molecule has 1 N–H and O–H groups in total. The highest BCUT2D eigenvalue weighted by atomic mass is 35.5. The molecule has 0 amide bonds. The van der Waals surface area contributed by atoms with E-state index in [1.54, 1.807) is 6.07 Å². The van der Waals surface area contributed by atoms with Crippen molar-refractivity contribution in [2.45, 2.75) is 6.18 Å². The van der Waals surface area contributed by atoms with Crippen LogP contribution < -0.4 is 0 Å². The Morgan fingerprint density at radius 1 is 1.23 bits per heavy atom. The highest BCUT2D eigenvalue weighted by molar-refractivity contribution is 6.39. The van der Waals surface area contributed by atoms with Gasteiger partial charge in [-0.15, -0.1) is 4.99 Å². The summed E-state index contributed by atoms with van der Waals surface area (Å²) in [6.45, 7) is 0. The molecule has 2 aromatic rings. The Morgan fingerprint density at radius 2 is 1.82 bits per heavy atom. The van der Waals surface area contributed by atoms with Gasteiger partial charge in [-0.1, -0.05) is 23.2 Å².